The molecule has 5 rings (SSSR count). The number of amides is 2. The van der Waals surface area contributed by atoms with Crippen LogP contribution in [0.2, 0.25) is 0 Å². The number of methoxy groups -OCH3 is 1. The van der Waals surface area contributed by atoms with Crippen LogP contribution in [0.25, 0.3) is 0 Å². The van der Waals surface area contributed by atoms with Crippen LogP contribution in [-0.4, -0.2) is 42.3 Å². The summed E-state index contributed by atoms with van der Waals surface area (Å²) in [5, 5.41) is 6.84. The van der Waals surface area contributed by atoms with E-state index in [1.807, 2.05) is 12.2 Å². The molecule has 2 fully saturated rings. The van der Waals surface area contributed by atoms with Crippen molar-refractivity contribution in [1.82, 2.24) is 5.16 Å². The van der Waals surface area contributed by atoms with Gasteiger partial charge in [-0.1, -0.05) is 17.3 Å². The van der Waals surface area contributed by atoms with Crippen molar-refractivity contribution >= 4 is 23.3 Å². The highest BCUT2D eigenvalue weighted by Crippen LogP contribution is 2.52. The summed E-state index contributed by atoms with van der Waals surface area (Å²) in [6.45, 7) is 2.09. The Kier molecular flexibility index (Phi) is 3.60. The molecule has 0 saturated carbocycles. The zero-order chi connectivity index (χ0) is 19.5. The second kappa shape index (κ2) is 5.93. The number of nitrogens with one attached hydrogen (secondary N) is 1. The van der Waals surface area contributed by atoms with Crippen molar-refractivity contribution in [2.45, 2.75) is 18.6 Å². The summed E-state index contributed by atoms with van der Waals surface area (Å²) in [5.41, 5.74) is -0.155. The molecule has 4 atom stereocenters. The zero-order valence-electron chi connectivity index (χ0n) is 15.4. The Bertz CT molecular complexity index is 982. The molecule has 1 N–H and O–H groups in total. The minimum atomic E-state index is -0.795. The topological polar surface area (TPSA) is 93.9 Å². The molecule has 2 aromatic rings. The Morgan fingerprint density at radius 1 is 1.36 bits per heavy atom. The Morgan fingerprint density at radius 2 is 2.14 bits per heavy atom. The Morgan fingerprint density at radius 3 is 2.82 bits per heavy atom. The molecule has 8 nitrogen and oxygen atoms in total. The Hall–Kier alpha value is -3.13. The standard InChI is InChI=1S/C20H19N3O5/c1-11-9-15(22-28-11)23-10-20-8-7-14(27-20)16(17(20)19(23)25)18(24)21-12-3-5-13(26-2)6-4-12/h3-9,14,16-17H,10H2,1-2H3,(H,21,24)/t14-,16+,17+,20+/m1/s1. The average Bonchev–Trinajstić information content (AvgIpc) is 3.43. The molecule has 8 heteroatoms. The van der Waals surface area contributed by atoms with Crippen LogP contribution in [-0.2, 0) is 14.3 Å². The van der Waals surface area contributed by atoms with Gasteiger partial charge in [0, 0.05) is 11.8 Å². The summed E-state index contributed by atoms with van der Waals surface area (Å²) < 4.78 is 16.3. The molecule has 2 bridgehead atoms. The third-order valence-corrected chi connectivity index (χ3v) is 5.65. The molecular weight excluding hydrogens is 362 g/mol. The molecule has 4 heterocycles. The summed E-state index contributed by atoms with van der Waals surface area (Å²) in [6.07, 6.45) is 3.37. The van der Waals surface area contributed by atoms with Crippen LogP contribution in [0.5, 0.6) is 5.75 Å². The smallest absolute Gasteiger partial charge is 0.235 e. The molecule has 28 heavy (non-hydrogen) atoms. The lowest BCUT2D eigenvalue weighted by Crippen LogP contribution is -2.41. The van der Waals surface area contributed by atoms with Gasteiger partial charge in [0.05, 0.1) is 31.6 Å². The number of hydrogen-bond donors (Lipinski definition) is 1. The number of nitrogens with zero attached hydrogens (tertiary/aromatic N) is 2. The molecule has 3 aliphatic heterocycles. The van der Waals surface area contributed by atoms with Crippen molar-refractivity contribution in [2.75, 3.05) is 23.9 Å². The molecule has 1 spiro atoms. The van der Waals surface area contributed by atoms with Crippen molar-refractivity contribution in [1.29, 1.82) is 0 Å². The van der Waals surface area contributed by atoms with Crippen LogP contribution in [0.4, 0.5) is 11.5 Å². The summed E-state index contributed by atoms with van der Waals surface area (Å²) in [5.74, 6) is 0.170. The molecular formula is C20H19N3O5. The number of carbonyl (C=O) groups is 2. The molecule has 144 valence electrons. The van der Waals surface area contributed by atoms with E-state index in [1.165, 1.54) is 0 Å². The van der Waals surface area contributed by atoms with E-state index in [0.717, 1.165) is 0 Å². The van der Waals surface area contributed by atoms with E-state index in [1.54, 1.807) is 49.3 Å². The first kappa shape index (κ1) is 17.0. The number of benzene rings is 1. The van der Waals surface area contributed by atoms with Gasteiger partial charge in [0.15, 0.2) is 5.82 Å². The lowest BCUT2D eigenvalue weighted by Gasteiger charge is -2.23. The fraction of sp³-hybridized carbons (Fsp3) is 0.350. The number of fused-ring (bicyclic) bond motifs is 1. The number of aromatic nitrogens is 1. The van der Waals surface area contributed by atoms with E-state index in [4.69, 9.17) is 14.0 Å². The number of ether oxygens (including phenoxy) is 2. The largest absolute Gasteiger partial charge is 0.497 e. The highest BCUT2D eigenvalue weighted by Gasteiger charge is 2.67. The van der Waals surface area contributed by atoms with Crippen LogP contribution < -0.4 is 15.0 Å². The van der Waals surface area contributed by atoms with Crippen LogP contribution in [0.1, 0.15) is 5.76 Å². The number of anilines is 2. The summed E-state index contributed by atoms with van der Waals surface area (Å²) in [6, 6.07) is 8.76. The first-order chi connectivity index (χ1) is 13.5. The molecule has 2 amide bonds. The predicted molar refractivity (Wildman–Crippen MR) is 98.9 cm³/mol. The second-order valence-electron chi connectivity index (χ2n) is 7.34. The predicted octanol–water partition coefficient (Wildman–Crippen LogP) is 1.92. The normalized spacial score (nSPS) is 30.0. The minimum absolute atomic E-state index is 0.171. The average molecular weight is 381 g/mol. The SMILES string of the molecule is COc1ccc(NC(=O)[C@@H]2[C@H]3C(=O)N(c4cc(C)on4)C[C@@]34C=C[C@H]2O4)cc1. The molecule has 1 aromatic heterocycles. The van der Waals surface area contributed by atoms with Gasteiger partial charge < -0.3 is 19.3 Å². The zero-order valence-corrected chi connectivity index (χ0v) is 15.4. The third-order valence-electron chi connectivity index (χ3n) is 5.65. The van der Waals surface area contributed by atoms with Crippen LogP contribution in [0.15, 0.2) is 47.0 Å². The van der Waals surface area contributed by atoms with Crippen molar-refractivity contribution in [3.05, 3.63) is 48.2 Å². The highest BCUT2D eigenvalue weighted by molar-refractivity contribution is 6.05. The van der Waals surface area contributed by atoms with Gasteiger partial charge in [0.1, 0.15) is 17.1 Å². The number of carbonyl (C=O) groups excluding carboxylic acids is 2. The van der Waals surface area contributed by atoms with Gasteiger partial charge >= 0.3 is 0 Å². The van der Waals surface area contributed by atoms with E-state index in [9.17, 15) is 9.59 Å². The number of rotatable bonds is 4. The van der Waals surface area contributed by atoms with Crippen molar-refractivity contribution in [3.8, 4) is 5.75 Å². The maximum Gasteiger partial charge on any atom is 0.235 e. The summed E-state index contributed by atoms with van der Waals surface area (Å²) in [4.78, 5) is 27.7. The second-order valence-corrected chi connectivity index (χ2v) is 7.34. The van der Waals surface area contributed by atoms with Gasteiger partial charge in [0.25, 0.3) is 0 Å². The fourth-order valence-electron chi connectivity index (χ4n) is 4.37. The highest BCUT2D eigenvalue weighted by atomic mass is 16.5. The Labute approximate surface area is 161 Å². The van der Waals surface area contributed by atoms with Gasteiger partial charge in [-0.05, 0) is 31.2 Å². The molecule has 2 saturated heterocycles. The fourth-order valence-corrected chi connectivity index (χ4v) is 4.37. The molecule has 0 aliphatic carbocycles. The van der Waals surface area contributed by atoms with Crippen molar-refractivity contribution < 1.29 is 23.6 Å². The number of aryl methyl sites for hydroxylation is 1. The number of hydrogen-bond acceptors (Lipinski definition) is 6. The minimum Gasteiger partial charge on any atom is -0.497 e. The monoisotopic (exact) mass is 381 g/mol. The van der Waals surface area contributed by atoms with E-state index in [0.29, 0.717) is 29.6 Å². The first-order valence-corrected chi connectivity index (χ1v) is 9.07. The third kappa shape index (κ3) is 2.37. The lowest BCUT2D eigenvalue weighted by atomic mass is 9.77. The summed E-state index contributed by atoms with van der Waals surface area (Å²) in [7, 11) is 1.58. The Balaban J connectivity index is 1.41. The van der Waals surface area contributed by atoms with E-state index in [-0.39, 0.29) is 11.8 Å². The molecule has 0 unspecified atom stereocenters. The maximum absolute atomic E-state index is 13.2. The van der Waals surface area contributed by atoms with Crippen LogP contribution >= 0.6 is 0 Å². The quantitative estimate of drug-likeness (QED) is 0.814. The van der Waals surface area contributed by atoms with Gasteiger partial charge in [-0.3, -0.25) is 14.5 Å². The summed E-state index contributed by atoms with van der Waals surface area (Å²) >= 11 is 0. The van der Waals surface area contributed by atoms with E-state index in [2.05, 4.69) is 10.5 Å². The molecule has 1 aromatic carbocycles. The van der Waals surface area contributed by atoms with Crippen molar-refractivity contribution in [2.24, 2.45) is 11.8 Å². The van der Waals surface area contributed by atoms with Gasteiger partial charge in [-0.25, -0.2) is 0 Å². The first-order valence-electron chi connectivity index (χ1n) is 9.07. The van der Waals surface area contributed by atoms with Gasteiger partial charge in [-0.15, -0.1) is 0 Å². The van der Waals surface area contributed by atoms with Crippen LogP contribution in [0.3, 0.4) is 0 Å². The lowest BCUT2D eigenvalue weighted by molar-refractivity contribution is -0.128. The molecule has 3 aliphatic rings. The van der Waals surface area contributed by atoms with E-state index >= 15 is 0 Å². The van der Waals surface area contributed by atoms with Crippen LogP contribution in [0, 0.1) is 18.8 Å². The van der Waals surface area contributed by atoms with E-state index < -0.39 is 23.5 Å². The van der Waals surface area contributed by atoms with Gasteiger partial charge in [0.2, 0.25) is 11.8 Å². The molecule has 0 radical (unpaired) electrons. The maximum atomic E-state index is 13.2. The van der Waals surface area contributed by atoms with Crippen molar-refractivity contribution in [3.63, 3.8) is 0 Å². The van der Waals surface area contributed by atoms with Gasteiger partial charge in [-0.2, -0.15) is 0 Å².